The number of hydrogen-bond donors (Lipinski definition) is 2. The molecule has 0 aliphatic carbocycles. The van der Waals surface area contributed by atoms with Gasteiger partial charge in [0.25, 0.3) is 0 Å². The first-order valence-corrected chi connectivity index (χ1v) is 7.75. The van der Waals surface area contributed by atoms with Crippen LogP contribution in [0.3, 0.4) is 0 Å². The minimum Gasteiger partial charge on any atom is -0.507 e. The second-order valence-electron chi connectivity index (χ2n) is 3.70. The molecule has 0 spiro atoms. The fourth-order valence-electron chi connectivity index (χ4n) is 1.58. The Hall–Kier alpha value is -1.37. The van der Waals surface area contributed by atoms with E-state index in [-0.39, 0.29) is 0 Å². The van der Waals surface area contributed by atoms with Gasteiger partial charge in [-0.3, -0.25) is 0 Å². The van der Waals surface area contributed by atoms with Gasteiger partial charge >= 0.3 is 0 Å². The summed E-state index contributed by atoms with van der Waals surface area (Å²) in [6, 6.07) is 11.5. The van der Waals surface area contributed by atoms with Crippen LogP contribution < -0.4 is 5.43 Å². The normalized spacial score (nSPS) is 10.5. The molecule has 2 aromatic rings. The fraction of sp³-hybridized carbons (Fsp3) is 0.154. The molecule has 0 aliphatic rings. The highest BCUT2D eigenvalue weighted by molar-refractivity contribution is 8.74. The van der Waals surface area contributed by atoms with Crippen molar-refractivity contribution in [3.8, 4) is 5.75 Å². The van der Waals surface area contributed by atoms with Gasteiger partial charge in [-0.05, 0) is 28.3 Å². The second kappa shape index (κ2) is 7.28. The Morgan fingerprint density at radius 1 is 1.32 bits per heavy atom. The SMILES string of the molecule is C=NNCCOSSc1cc(O)c2ccccc2c1. The van der Waals surface area contributed by atoms with Crippen LogP contribution in [0.25, 0.3) is 10.8 Å². The molecule has 2 aromatic carbocycles. The molecule has 0 saturated heterocycles. The van der Waals surface area contributed by atoms with Gasteiger partial charge in [0.1, 0.15) is 5.75 Å². The molecule has 2 N–H and O–H groups in total. The van der Waals surface area contributed by atoms with E-state index in [0.29, 0.717) is 18.9 Å². The first kappa shape index (κ1) is 14.0. The molecule has 0 aliphatic heterocycles. The number of nitrogens with one attached hydrogen (secondary N) is 1. The molecule has 0 fully saturated rings. The van der Waals surface area contributed by atoms with E-state index in [4.69, 9.17) is 4.18 Å². The van der Waals surface area contributed by atoms with Crippen molar-refractivity contribution in [1.29, 1.82) is 0 Å². The predicted octanol–water partition coefficient (Wildman–Crippen LogP) is 3.42. The van der Waals surface area contributed by atoms with Gasteiger partial charge in [-0.1, -0.05) is 24.3 Å². The van der Waals surface area contributed by atoms with Gasteiger partial charge in [-0.25, -0.2) is 0 Å². The second-order valence-corrected chi connectivity index (χ2v) is 5.62. The van der Waals surface area contributed by atoms with Gasteiger partial charge in [-0.15, -0.1) is 0 Å². The highest BCUT2D eigenvalue weighted by Gasteiger charge is 2.03. The zero-order chi connectivity index (χ0) is 13.5. The van der Waals surface area contributed by atoms with E-state index in [1.165, 1.54) is 21.9 Å². The Labute approximate surface area is 119 Å². The van der Waals surface area contributed by atoms with Crippen LogP contribution in [0.1, 0.15) is 0 Å². The number of fused-ring (bicyclic) bond motifs is 1. The summed E-state index contributed by atoms with van der Waals surface area (Å²) in [6.07, 6.45) is 0. The maximum atomic E-state index is 9.93. The third-order valence-electron chi connectivity index (χ3n) is 2.40. The summed E-state index contributed by atoms with van der Waals surface area (Å²) in [6.45, 7) is 4.47. The molecule has 100 valence electrons. The summed E-state index contributed by atoms with van der Waals surface area (Å²) in [4.78, 5) is 0.955. The molecule has 0 heterocycles. The van der Waals surface area contributed by atoms with Crippen molar-refractivity contribution in [2.24, 2.45) is 5.10 Å². The molecule has 0 amide bonds. The Morgan fingerprint density at radius 3 is 3.00 bits per heavy atom. The van der Waals surface area contributed by atoms with E-state index >= 15 is 0 Å². The van der Waals surface area contributed by atoms with E-state index in [9.17, 15) is 5.11 Å². The molecule has 0 atom stereocenters. The van der Waals surface area contributed by atoms with Gasteiger partial charge in [0.15, 0.2) is 0 Å². The smallest absolute Gasteiger partial charge is 0.124 e. The number of phenols is 1. The summed E-state index contributed by atoms with van der Waals surface area (Å²) >= 11 is 1.28. The van der Waals surface area contributed by atoms with Crippen LogP contribution in [-0.2, 0) is 4.18 Å². The minimum absolute atomic E-state index is 0.290. The molecule has 0 radical (unpaired) electrons. The number of rotatable bonds is 7. The zero-order valence-corrected chi connectivity index (χ0v) is 11.8. The lowest BCUT2D eigenvalue weighted by molar-refractivity contribution is 0.374. The number of hydrogen-bond acceptors (Lipinski definition) is 6. The predicted molar refractivity (Wildman–Crippen MR) is 82.6 cm³/mol. The third kappa shape index (κ3) is 4.05. The van der Waals surface area contributed by atoms with Crippen LogP contribution in [0, 0.1) is 0 Å². The molecule has 2 rings (SSSR count). The van der Waals surface area contributed by atoms with Crippen molar-refractivity contribution < 1.29 is 9.29 Å². The van der Waals surface area contributed by atoms with E-state index < -0.39 is 0 Å². The summed E-state index contributed by atoms with van der Waals surface area (Å²) in [5.41, 5.74) is 2.71. The van der Waals surface area contributed by atoms with E-state index in [1.54, 1.807) is 6.07 Å². The molecular formula is C13H14N2O2S2. The lowest BCUT2D eigenvalue weighted by atomic mass is 10.1. The number of phenolic OH excluding ortho intramolecular Hbond substituents is 1. The lowest BCUT2D eigenvalue weighted by Gasteiger charge is -2.05. The molecular weight excluding hydrogens is 280 g/mol. The zero-order valence-electron chi connectivity index (χ0n) is 10.2. The first-order valence-electron chi connectivity index (χ1n) is 5.68. The lowest BCUT2D eigenvalue weighted by Crippen LogP contribution is -2.10. The Kier molecular flexibility index (Phi) is 5.38. The van der Waals surface area contributed by atoms with E-state index in [2.05, 4.69) is 17.2 Å². The molecule has 19 heavy (non-hydrogen) atoms. The third-order valence-corrected chi connectivity index (χ3v) is 4.23. The largest absolute Gasteiger partial charge is 0.507 e. The van der Waals surface area contributed by atoms with Gasteiger partial charge in [0.05, 0.1) is 24.2 Å². The van der Waals surface area contributed by atoms with Crippen molar-refractivity contribution in [2.45, 2.75) is 4.90 Å². The van der Waals surface area contributed by atoms with Gasteiger partial charge in [-0.2, -0.15) is 5.10 Å². The summed E-state index contributed by atoms with van der Waals surface area (Å²) in [5, 5.41) is 15.3. The van der Waals surface area contributed by atoms with Crippen LogP contribution in [-0.4, -0.2) is 25.0 Å². The van der Waals surface area contributed by atoms with E-state index in [0.717, 1.165) is 15.7 Å². The Bertz CT molecular complexity index is 563. The van der Waals surface area contributed by atoms with Crippen molar-refractivity contribution in [1.82, 2.24) is 5.43 Å². The Balaban J connectivity index is 1.92. The highest BCUT2D eigenvalue weighted by Crippen LogP contribution is 2.37. The fourth-order valence-corrected chi connectivity index (χ4v) is 3.06. The average molecular weight is 294 g/mol. The molecule has 6 heteroatoms. The number of nitrogens with zero attached hydrogens (tertiary/aromatic N) is 1. The standard InChI is InChI=1S/C13H14N2O2S2/c1-14-15-6-7-17-19-18-11-8-10-4-2-3-5-12(10)13(16)9-11/h2-5,8-9,15-16H,1,6-7H2. The molecule has 0 saturated carbocycles. The van der Waals surface area contributed by atoms with Crippen LogP contribution in [0.5, 0.6) is 5.75 Å². The maximum Gasteiger partial charge on any atom is 0.124 e. The minimum atomic E-state index is 0.290. The summed E-state index contributed by atoms with van der Waals surface area (Å²) in [7, 11) is 1.47. The monoisotopic (exact) mass is 294 g/mol. The van der Waals surface area contributed by atoms with Gasteiger partial charge in [0.2, 0.25) is 0 Å². The molecule has 4 nitrogen and oxygen atoms in total. The molecule has 0 aromatic heterocycles. The van der Waals surface area contributed by atoms with E-state index in [1.807, 2.05) is 30.3 Å². The summed E-state index contributed by atoms with van der Waals surface area (Å²) in [5.74, 6) is 0.290. The first-order chi connectivity index (χ1) is 9.31. The van der Waals surface area contributed by atoms with Crippen molar-refractivity contribution >= 4 is 39.4 Å². The van der Waals surface area contributed by atoms with Crippen LogP contribution >= 0.6 is 21.9 Å². The Morgan fingerprint density at radius 2 is 2.16 bits per heavy atom. The summed E-state index contributed by atoms with van der Waals surface area (Å²) < 4.78 is 5.34. The average Bonchev–Trinajstić information content (AvgIpc) is 2.43. The van der Waals surface area contributed by atoms with Crippen molar-refractivity contribution in [3.63, 3.8) is 0 Å². The quantitative estimate of drug-likeness (QED) is 0.269. The van der Waals surface area contributed by atoms with Crippen LogP contribution in [0.15, 0.2) is 46.4 Å². The van der Waals surface area contributed by atoms with Gasteiger partial charge in [0, 0.05) is 17.0 Å². The number of hydrazone groups is 1. The van der Waals surface area contributed by atoms with Crippen molar-refractivity contribution in [2.75, 3.05) is 13.2 Å². The van der Waals surface area contributed by atoms with Crippen LogP contribution in [0.4, 0.5) is 0 Å². The topological polar surface area (TPSA) is 53.9 Å². The molecule has 0 bridgehead atoms. The maximum absolute atomic E-state index is 9.93. The van der Waals surface area contributed by atoms with Crippen molar-refractivity contribution in [3.05, 3.63) is 36.4 Å². The van der Waals surface area contributed by atoms with Gasteiger partial charge < -0.3 is 14.7 Å². The molecule has 0 unspecified atom stereocenters. The van der Waals surface area contributed by atoms with Crippen LogP contribution in [0.2, 0.25) is 0 Å². The number of benzene rings is 2. The highest BCUT2D eigenvalue weighted by atomic mass is 33.1. The number of aromatic hydroxyl groups is 1.